The smallest absolute Gasteiger partial charge is 0.115 e. The molecule has 1 rings (SSSR count). The van der Waals surface area contributed by atoms with Crippen LogP contribution in [0.1, 0.15) is 31.2 Å². The van der Waals surface area contributed by atoms with Crippen LogP contribution in [0.25, 0.3) is 0 Å². The van der Waals surface area contributed by atoms with E-state index >= 15 is 0 Å². The van der Waals surface area contributed by atoms with Crippen molar-refractivity contribution in [1.29, 1.82) is 0 Å². The fraction of sp³-hybridized carbons (Fsp3) is 0.600. The third kappa shape index (κ3) is 3.11. The molecule has 0 spiro atoms. The summed E-state index contributed by atoms with van der Waals surface area (Å²) in [6.07, 6.45) is 1.65. The number of nitrogens with zero attached hydrogens (tertiary/aromatic N) is 3. The van der Waals surface area contributed by atoms with E-state index in [1.54, 1.807) is 6.33 Å². The van der Waals surface area contributed by atoms with Crippen molar-refractivity contribution in [3.63, 3.8) is 0 Å². The molecule has 0 saturated heterocycles. The first-order valence-corrected chi connectivity index (χ1v) is 4.55. The first kappa shape index (κ1) is 10.1. The van der Waals surface area contributed by atoms with Gasteiger partial charge in [-0.2, -0.15) is 0 Å². The van der Waals surface area contributed by atoms with Crippen molar-refractivity contribution in [3.05, 3.63) is 23.8 Å². The van der Waals surface area contributed by atoms with Crippen molar-refractivity contribution < 1.29 is 0 Å². The maximum Gasteiger partial charge on any atom is 0.115 e. The molecule has 0 bridgehead atoms. The van der Waals surface area contributed by atoms with Crippen LogP contribution in [0.3, 0.4) is 0 Å². The molecule has 3 heteroatoms. The molecule has 0 atom stereocenters. The summed E-state index contributed by atoms with van der Waals surface area (Å²) >= 11 is 0. The van der Waals surface area contributed by atoms with E-state index < -0.39 is 0 Å². The Labute approximate surface area is 79.8 Å². The molecule has 0 aliphatic carbocycles. The Morgan fingerprint density at radius 1 is 1.31 bits per heavy atom. The predicted octanol–water partition coefficient (Wildman–Crippen LogP) is 1.66. The number of aromatic nitrogens is 2. The van der Waals surface area contributed by atoms with Gasteiger partial charge in [-0.3, -0.25) is 0 Å². The molecule has 0 saturated carbocycles. The van der Waals surface area contributed by atoms with E-state index in [1.165, 1.54) is 0 Å². The van der Waals surface area contributed by atoms with Crippen LogP contribution in [0.15, 0.2) is 12.4 Å². The molecule has 3 nitrogen and oxygen atoms in total. The van der Waals surface area contributed by atoms with Crippen LogP contribution in [0.4, 0.5) is 0 Å². The molecule has 0 N–H and O–H groups in total. The summed E-state index contributed by atoms with van der Waals surface area (Å²) in [6.45, 7) is 5.16. The molecule has 13 heavy (non-hydrogen) atoms. The van der Waals surface area contributed by atoms with Gasteiger partial charge in [0, 0.05) is 12.2 Å². The van der Waals surface area contributed by atoms with Gasteiger partial charge in [0.15, 0.2) is 0 Å². The molecule has 72 valence electrons. The normalized spacial score (nSPS) is 11.2. The first-order valence-electron chi connectivity index (χ1n) is 4.55. The lowest BCUT2D eigenvalue weighted by Gasteiger charge is -2.10. The molecule has 0 amide bonds. The van der Waals surface area contributed by atoms with Crippen molar-refractivity contribution in [2.75, 3.05) is 14.1 Å². The largest absolute Gasteiger partial charge is 0.304 e. The molecule has 1 aromatic rings. The Morgan fingerprint density at radius 3 is 2.54 bits per heavy atom. The van der Waals surface area contributed by atoms with Gasteiger partial charge < -0.3 is 4.90 Å². The molecule has 0 aliphatic rings. The Kier molecular flexibility index (Phi) is 3.37. The molecule has 1 aromatic heterocycles. The highest BCUT2D eigenvalue weighted by molar-refractivity contribution is 5.11. The van der Waals surface area contributed by atoms with Gasteiger partial charge in [-0.1, -0.05) is 13.8 Å². The van der Waals surface area contributed by atoms with E-state index in [2.05, 4.69) is 34.8 Å². The van der Waals surface area contributed by atoms with E-state index in [4.69, 9.17) is 0 Å². The summed E-state index contributed by atoms with van der Waals surface area (Å²) in [4.78, 5) is 10.5. The van der Waals surface area contributed by atoms with Crippen LogP contribution in [0.5, 0.6) is 0 Å². The van der Waals surface area contributed by atoms with E-state index in [-0.39, 0.29) is 0 Å². The van der Waals surface area contributed by atoms with Crippen molar-refractivity contribution >= 4 is 0 Å². The maximum absolute atomic E-state index is 4.22. The lowest BCUT2D eigenvalue weighted by Crippen LogP contribution is -2.12. The lowest BCUT2D eigenvalue weighted by atomic mass is 10.1. The minimum absolute atomic E-state index is 0.476. The average Bonchev–Trinajstić information content (AvgIpc) is 2.03. The zero-order chi connectivity index (χ0) is 9.84. The van der Waals surface area contributed by atoms with Crippen LogP contribution < -0.4 is 0 Å². The molecule has 1 heterocycles. The van der Waals surface area contributed by atoms with E-state index in [9.17, 15) is 0 Å². The van der Waals surface area contributed by atoms with E-state index in [0.717, 1.165) is 17.9 Å². The minimum Gasteiger partial charge on any atom is -0.304 e. The Bertz CT molecular complexity index is 269. The topological polar surface area (TPSA) is 29.0 Å². The van der Waals surface area contributed by atoms with Crippen LogP contribution in [0.2, 0.25) is 0 Å². The quantitative estimate of drug-likeness (QED) is 0.706. The van der Waals surface area contributed by atoms with Gasteiger partial charge in [0.25, 0.3) is 0 Å². The molecular formula is C10H17N3. The monoisotopic (exact) mass is 179 g/mol. The van der Waals surface area contributed by atoms with E-state index in [0.29, 0.717) is 5.92 Å². The molecular weight excluding hydrogens is 162 g/mol. The van der Waals surface area contributed by atoms with Crippen LogP contribution >= 0.6 is 0 Å². The van der Waals surface area contributed by atoms with Gasteiger partial charge in [-0.25, -0.2) is 9.97 Å². The summed E-state index contributed by atoms with van der Waals surface area (Å²) in [5.41, 5.74) is 2.20. The zero-order valence-corrected chi connectivity index (χ0v) is 8.78. The van der Waals surface area contributed by atoms with Gasteiger partial charge in [0.2, 0.25) is 0 Å². The van der Waals surface area contributed by atoms with Crippen LogP contribution in [0, 0.1) is 0 Å². The van der Waals surface area contributed by atoms with Crippen molar-refractivity contribution in [2.45, 2.75) is 26.3 Å². The Morgan fingerprint density at radius 2 is 2.00 bits per heavy atom. The van der Waals surface area contributed by atoms with Gasteiger partial charge in [0.1, 0.15) is 6.33 Å². The average molecular weight is 179 g/mol. The second kappa shape index (κ2) is 4.33. The number of hydrogen-bond acceptors (Lipinski definition) is 3. The summed E-state index contributed by atoms with van der Waals surface area (Å²) in [7, 11) is 4.08. The Balaban J connectivity index is 2.79. The minimum atomic E-state index is 0.476. The fourth-order valence-corrected chi connectivity index (χ4v) is 1.14. The van der Waals surface area contributed by atoms with Gasteiger partial charge in [-0.15, -0.1) is 0 Å². The standard InChI is InChI=1S/C10H17N3/c1-8(2)10-5-9(6-13(3)4)11-7-12-10/h5,7-8H,6H2,1-4H3. The third-order valence-corrected chi connectivity index (χ3v) is 1.81. The SMILES string of the molecule is CC(C)c1cc(CN(C)C)ncn1. The maximum atomic E-state index is 4.22. The van der Waals surface area contributed by atoms with Crippen LogP contribution in [-0.2, 0) is 6.54 Å². The first-order chi connectivity index (χ1) is 6.09. The fourth-order valence-electron chi connectivity index (χ4n) is 1.14. The molecule has 0 fully saturated rings. The van der Waals surface area contributed by atoms with Crippen LogP contribution in [-0.4, -0.2) is 29.0 Å². The molecule has 0 radical (unpaired) electrons. The second-order valence-corrected chi connectivity index (χ2v) is 3.83. The van der Waals surface area contributed by atoms with Gasteiger partial charge in [0.05, 0.1) is 5.69 Å². The predicted molar refractivity (Wildman–Crippen MR) is 53.5 cm³/mol. The highest BCUT2D eigenvalue weighted by Gasteiger charge is 2.03. The highest BCUT2D eigenvalue weighted by atomic mass is 15.1. The number of rotatable bonds is 3. The van der Waals surface area contributed by atoms with Gasteiger partial charge in [-0.05, 0) is 26.1 Å². The van der Waals surface area contributed by atoms with Crippen molar-refractivity contribution in [2.24, 2.45) is 0 Å². The summed E-state index contributed by atoms with van der Waals surface area (Å²) in [5.74, 6) is 0.476. The molecule has 0 aliphatic heterocycles. The van der Waals surface area contributed by atoms with Crippen molar-refractivity contribution in [3.8, 4) is 0 Å². The highest BCUT2D eigenvalue weighted by Crippen LogP contribution is 2.11. The summed E-state index contributed by atoms with van der Waals surface area (Å²) in [6, 6.07) is 2.07. The lowest BCUT2D eigenvalue weighted by molar-refractivity contribution is 0.396. The summed E-state index contributed by atoms with van der Waals surface area (Å²) < 4.78 is 0. The molecule has 0 aromatic carbocycles. The Hall–Kier alpha value is -0.960. The van der Waals surface area contributed by atoms with Gasteiger partial charge >= 0.3 is 0 Å². The summed E-state index contributed by atoms with van der Waals surface area (Å²) in [5, 5.41) is 0. The number of hydrogen-bond donors (Lipinski definition) is 0. The zero-order valence-electron chi connectivity index (χ0n) is 8.78. The van der Waals surface area contributed by atoms with E-state index in [1.807, 2.05) is 14.1 Å². The third-order valence-electron chi connectivity index (χ3n) is 1.81. The van der Waals surface area contributed by atoms with Crippen molar-refractivity contribution in [1.82, 2.24) is 14.9 Å². The molecule has 0 unspecified atom stereocenters. The second-order valence-electron chi connectivity index (χ2n) is 3.83.